The van der Waals surface area contributed by atoms with Gasteiger partial charge in [0.1, 0.15) is 6.29 Å². The Morgan fingerprint density at radius 3 is 2.50 bits per heavy atom. The standard InChI is InChI=1S/C11H9NO2/c12-11(14)3-1-2-9-4-6-10(8-13)7-5-9/h4-8H,3H2,(H2,12,14). The SMILES string of the molecule is NC(=O)CC#Cc1ccc(C=O)cc1. The maximum atomic E-state index is 10.4. The normalized spacial score (nSPS) is 8.57. The van der Waals surface area contributed by atoms with Crippen molar-refractivity contribution in [3.8, 4) is 11.8 Å². The van der Waals surface area contributed by atoms with Crippen molar-refractivity contribution in [2.45, 2.75) is 6.42 Å². The number of benzene rings is 1. The van der Waals surface area contributed by atoms with Crippen LogP contribution in [-0.4, -0.2) is 12.2 Å². The summed E-state index contributed by atoms with van der Waals surface area (Å²) in [4.78, 5) is 20.7. The highest BCUT2D eigenvalue weighted by atomic mass is 16.1. The van der Waals surface area contributed by atoms with Gasteiger partial charge in [-0.15, -0.1) is 0 Å². The fourth-order valence-corrected chi connectivity index (χ4v) is 0.878. The van der Waals surface area contributed by atoms with E-state index in [-0.39, 0.29) is 6.42 Å². The summed E-state index contributed by atoms with van der Waals surface area (Å²) in [5.74, 6) is 4.94. The molecule has 3 heteroatoms. The first-order valence-electron chi connectivity index (χ1n) is 4.05. The van der Waals surface area contributed by atoms with Gasteiger partial charge in [-0.3, -0.25) is 9.59 Å². The summed E-state index contributed by atoms with van der Waals surface area (Å²) in [6.45, 7) is 0. The third kappa shape index (κ3) is 3.11. The number of amides is 1. The molecule has 1 amide bonds. The summed E-state index contributed by atoms with van der Waals surface area (Å²) in [5, 5.41) is 0. The minimum Gasteiger partial charge on any atom is -0.369 e. The topological polar surface area (TPSA) is 60.2 Å². The zero-order valence-corrected chi connectivity index (χ0v) is 7.49. The third-order valence-electron chi connectivity index (χ3n) is 1.54. The smallest absolute Gasteiger partial charge is 0.229 e. The van der Waals surface area contributed by atoms with Crippen LogP contribution in [0.3, 0.4) is 0 Å². The molecule has 3 nitrogen and oxygen atoms in total. The number of primary amides is 1. The molecule has 0 bridgehead atoms. The molecule has 0 spiro atoms. The molecule has 1 aromatic rings. The summed E-state index contributed by atoms with van der Waals surface area (Å²) >= 11 is 0. The molecule has 2 N–H and O–H groups in total. The van der Waals surface area contributed by atoms with E-state index in [1.807, 2.05) is 0 Å². The van der Waals surface area contributed by atoms with Gasteiger partial charge < -0.3 is 5.73 Å². The third-order valence-corrected chi connectivity index (χ3v) is 1.54. The minimum absolute atomic E-state index is 0.0510. The Bertz CT molecular complexity index is 396. The van der Waals surface area contributed by atoms with Gasteiger partial charge in [-0.05, 0) is 12.1 Å². The van der Waals surface area contributed by atoms with Crippen LogP contribution in [0.15, 0.2) is 24.3 Å². The predicted octanol–water partition coefficient (Wildman–Crippen LogP) is 0.726. The first kappa shape index (κ1) is 10.0. The number of aldehydes is 1. The molecular formula is C11H9NO2. The van der Waals surface area contributed by atoms with E-state index in [1.165, 1.54) is 0 Å². The molecule has 0 aromatic heterocycles. The Kier molecular flexibility index (Phi) is 3.45. The highest BCUT2D eigenvalue weighted by molar-refractivity contribution is 5.77. The number of nitrogens with two attached hydrogens (primary N) is 1. The molecular weight excluding hydrogens is 178 g/mol. The van der Waals surface area contributed by atoms with Crippen LogP contribution in [0.1, 0.15) is 22.3 Å². The molecule has 0 aliphatic carbocycles. The van der Waals surface area contributed by atoms with Crippen molar-refractivity contribution in [2.24, 2.45) is 5.73 Å². The molecule has 1 rings (SSSR count). The quantitative estimate of drug-likeness (QED) is 0.548. The number of hydrogen-bond acceptors (Lipinski definition) is 2. The summed E-state index contributed by atoms with van der Waals surface area (Å²) in [7, 11) is 0. The van der Waals surface area contributed by atoms with Crippen LogP contribution in [0, 0.1) is 11.8 Å². The molecule has 1 aromatic carbocycles. The summed E-state index contributed by atoms with van der Waals surface area (Å²) in [5.41, 5.74) is 6.28. The van der Waals surface area contributed by atoms with E-state index in [1.54, 1.807) is 24.3 Å². The second kappa shape index (κ2) is 4.83. The number of hydrogen-bond donors (Lipinski definition) is 1. The van der Waals surface area contributed by atoms with Crippen LogP contribution in [0.4, 0.5) is 0 Å². The molecule has 0 aliphatic heterocycles. The van der Waals surface area contributed by atoms with Crippen LogP contribution in [0.25, 0.3) is 0 Å². The van der Waals surface area contributed by atoms with Gasteiger partial charge >= 0.3 is 0 Å². The molecule has 14 heavy (non-hydrogen) atoms. The Labute approximate surface area is 81.9 Å². The maximum absolute atomic E-state index is 10.4. The lowest BCUT2D eigenvalue weighted by Gasteiger charge is -1.90. The van der Waals surface area contributed by atoms with Gasteiger partial charge in [-0.1, -0.05) is 24.0 Å². The van der Waals surface area contributed by atoms with Gasteiger partial charge in [0.05, 0.1) is 6.42 Å². The molecule has 0 saturated heterocycles. The zero-order chi connectivity index (χ0) is 10.4. The highest BCUT2D eigenvalue weighted by Crippen LogP contribution is 2.00. The first-order valence-corrected chi connectivity index (χ1v) is 4.05. The van der Waals surface area contributed by atoms with Crippen LogP contribution in [0.2, 0.25) is 0 Å². The largest absolute Gasteiger partial charge is 0.369 e. The van der Waals surface area contributed by atoms with E-state index < -0.39 is 5.91 Å². The predicted molar refractivity (Wildman–Crippen MR) is 52.5 cm³/mol. The van der Waals surface area contributed by atoms with E-state index in [4.69, 9.17) is 5.73 Å². The number of carbonyl (C=O) groups excluding carboxylic acids is 2. The van der Waals surface area contributed by atoms with Gasteiger partial charge in [0.15, 0.2) is 0 Å². The lowest BCUT2D eigenvalue weighted by molar-refractivity contribution is -0.117. The van der Waals surface area contributed by atoms with E-state index in [2.05, 4.69) is 11.8 Å². The van der Waals surface area contributed by atoms with Crippen LogP contribution < -0.4 is 5.73 Å². The van der Waals surface area contributed by atoms with Crippen molar-refractivity contribution in [3.05, 3.63) is 35.4 Å². The summed E-state index contributed by atoms with van der Waals surface area (Å²) < 4.78 is 0. The van der Waals surface area contributed by atoms with Crippen LogP contribution >= 0.6 is 0 Å². The number of rotatable bonds is 2. The van der Waals surface area contributed by atoms with Crippen LogP contribution in [0.5, 0.6) is 0 Å². The first-order chi connectivity index (χ1) is 6.72. The van der Waals surface area contributed by atoms with Crippen molar-refractivity contribution in [1.29, 1.82) is 0 Å². The molecule has 0 unspecified atom stereocenters. The van der Waals surface area contributed by atoms with Gasteiger partial charge in [-0.25, -0.2) is 0 Å². The Morgan fingerprint density at radius 1 is 1.36 bits per heavy atom. The Hall–Kier alpha value is -2.08. The summed E-state index contributed by atoms with van der Waals surface area (Å²) in [6, 6.07) is 6.78. The molecule has 0 atom stereocenters. The summed E-state index contributed by atoms with van der Waals surface area (Å²) in [6.07, 6.45) is 0.816. The zero-order valence-electron chi connectivity index (χ0n) is 7.49. The van der Waals surface area contributed by atoms with E-state index in [9.17, 15) is 9.59 Å². The molecule has 0 aliphatic rings. The minimum atomic E-state index is -0.443. The van der Waals surface area contributed by atoms with Crippen molar-refractivity contribution >= 4 is 12.2 Å². The Balaban J connectivity index is 2.71. The van der Waals surface area contributed by atoms with Gasteiger partial charge in [0, 0.05) is 11.1 Å². The van der Waals surface area contributed by atoms with Crippen molar-refractivity contribution in [3.63, 3.8) is 0 Å². The van der Waals surface area contributed by atoms with Crippen molar-refractivity contribution < 1.29 is 9.59 Å². The molecule has 0 radical (unpaired) electrons. The second-order valence-corrected chi connectivity index (χ2v) is 2.68. The average Bonchev–Trinajstić information content (AvgIpc) is 2.18. The molecule has 0 saturated carbocycles. The fourth-order valence-electron chi connectivity index (χ4n) is 0.878. The second-order valence-electron chi connectivity index (χ2n) is 2.68. The van der Waals surface area contributed by atoms with Gasteiger partial charge in [-0.2, -0.15) is 0 Å². The molecule has 70 valence electrons. The van der Waals surface area contributed by atoms with Gasteiger partial charge in [0.25, 0.3) is 0 Å². The van der Waals surface area contributed by atoms with E-state index >= 15 is 0 Å². The number of carbonyl (C=O) groups is 2. The van der Waals surface area contributed by atoms with E-state index in [0.717, 1.165) is 11.8 Å². The average molecular weight is 187 g/mol. The van der Waals surface area contributed by atoms with Crippen molar-refractivity contribution in [2.75, 3.05) is 0 Å². The lowest BCUT2D eigenvalue weighted by atomic mass is 10.1. The van der Waals surface area contributed by atoms with Crippen LogP contribution in [-0.2, 0) is 4.79 Å². The molecule has 0 heterocycles. The lowest BCUT2D eigenvalue weighted by Crippen LogP contribution is -2.08. The maximum Gasteiger partial charge on any atom is 0.229 e. The monoisotopic (exact) mass is 187 g/mol. The molecule has 0 fully saturated rings. The van der Waals surface area contributed by atoms with Crippen molar-refractivity contribution in [1.82, 2.24) is 0 Å². The fraction of sp³-hybridized carbons (Fsp3) is 0.0909. The Morgan fingerprint density at radius 2 is 2.00 bits per heavy atom. The van der Waals surface area contributed by atoms with Gasteiger partial charge in [0.2, 0.25) is 5.91 Å². The highest BCUT2D eigenvalue weighted by Gasteiger charge is 1.89. The van der Waals surface area contributed by atoms with E-state index in [0.29, 0.717) is 5.56 Å².